The Morgan fingerprint density at radius 3 is 2.52 bits per heavy atom. The molecule has 1 aromatic heterocycles. The van der Waals surface area contributed by atoms with Crippen molar-refractivity contribution in [1.29, 1.82) is 0 Å². The van der Waals surface area contributed by atoms with E-state index in [4.69, 9.17) is 11.6 Å². The number of hydrogen-bond donors (Lipinski definition) is 1. The zero-order chi connectivity index (χ0) is 20.2. The van der Waals surface area contributed by atoms with Crippen molar-refractivity contribution in [3.8, 4) is 0 Å². The third-order valence-electron chi connectivity index (χ3n) is 5.26. The third-order valence-corrected chi connectivity index (χ3v) is 5.50. The van der Waals surface area contributed by atoms with Gasteiger partial charge in [0, 0.05) is 49.5 Å². The molecule has 2 aromatic carbocycles. The van der Waals surface area contributed by atoms with Crippen molar-refractivity contribution in [2.45, 2.75) is 12.6 Å². The highest BCUT2D eigenvalue weighted by Gasteiger charge is 2.25. The Morgan fingerprint density at radius 2 is 1.79 bits per heavy atom. The summed E-state index contributed by atoms with van der Waals surface area (Å²) in [6, 6.07) is 18.1. The van der Waals surface area contributed by atoms with Crippen LogP contribution in [0, 0.1) is 5.82 Å². The van der Waals surface area contributed by atoms with Gasteiger partial charge in [-0.25, -0.2) is 4.39 Å². The maximum Gasteiger partial charge on any atom is 0.146 e. The number of piperazine rings is 1. The molecule has 1 aliphatic heterocycles. The molecule has 6 heteroatoms. The second kappa shape index (κ2) is 8.91. The molecule has 29 heavy (non-hydrogen) atoms. The predicted octanol–water partition coefficient (Wildman–Crippen LogP) is 4.28. The van der Waals surface area contributed by atoms with Crippen LogP contribution in [0.25, 0.3) is 0 Å². The largest absolute Gasteiger partial charge is 0.382 e. The van der Waals surface area contributed by atoms with E-state index in [1.54, 1.807) is 30.5 Å². The summed E-state index contributed by atoms with van der Waals surface area (Å²) in [6.45, 7) is 3.79. The van der Waals surface area contributed by atoms with E-state index in [0.717, 1.165) is 24.7 Å². The van der Waals surface area contributed by atoms with Gasteiger partial charge < -0.3 is 10.0 Å². The first kappa shape index (κ1) is 19.8. The molecule has 1 aliphatic rings. The molecular formula is C23H23ClFN3O. The fraction of sp³-hybridized carbons (Fsp3) is 0.261. The molecule has 150 valence electrons. The van der Waals surface area contributed by atoms with Crippen LogP contribution in [-0.2, 0) is 6.54 Å². The van der Waals surface area contributed by atoms with Crippen LogP contribution >= 0.6 is 11.6 Å². The van der Waals surface area contributed by atoms with Gasteiger partial charge in [-0.2, -0.15) is 0 Å². The highest BCUT2D eigenvalue weighted by molar-refractivity contribution is 6.30. The molecule has 0 spiro atoms. The molecular weight excluding hydrogens is 389 g/mol. The van der Waals surface area contributed by atoms with Crippen molar-refractivity contribution >= 4 is 17.3 Å². The normalized spacial score (nSPS) is 16.0. The van der Waals surface area contributed by atoms with E-state index in [9.17, 15) is 9.50 Å². The minimum atomic E-state index is -0.966. The number of aromatic nitrogens is 1. The van der Waals surface area contributed by atoms with Crippen molar-refractivity contribution in [1.82, 2.24) is 9.88 Å². The molecule has 0 amide bonds. The van der Waals surface area contributed by atoms with Crippen LogP contribution in [0.2, 0.25) is 5.02 Å². The molecule has 0 radical (unpaired) electrons. The fourth-order valence-electron chi connectivity index (χ4n) is 3.81. The Balaban J connectivity index is 1.50. The van der Waals surface area contributed by atoms with Crippen LogP contribution in [0.5, 0.6) is 0 Å². The van der Waals surface area contributed by atoms with E-state index < -0.39 is 6.10 Å². The third kappa shape index (κ3) is 4.58. The van der Waals surface area contributed by atoms with Gasteiger partial charge >= 0.3 is 0 Å². The van der Waals surface area contributed by atoms with Crippen LogP contribution in [0.4, 0.5) is 10.1 Å². The molecule has 0 unspecified atom stereocenters. The maximum atomic E-state index is 14.8. The second-order valence-corrected chi connectivity index (χ2v) is 7.66. The Hall–Kier alpha value is -2.47. The van der Waals surface area contributed by atoms with Crippen molar-refractivity contribution in [2.75, 3.05) is 31.1 Å². The van der Waals surface area contributed by atoms with E-state index in [1.165, 1.54) is 11.6 Å². The first-order valence-corrected chi connectivity index (χ1v) is 10.1. The second-order valence-electron chi connectivity index (χ2n) is 7.23. The van der Waals surface area contributed by atoms with Gasteiger partial charge in [0.15, 0.2) is 0 Å². The summed E-state index contributed by atoms with van der Waals surface area (Å²) in [5.74, 6) is -0.319. The molecule has 4 nitrogen and oxygen atoms in total. The number of halogens is 2. The lowest BCUT2D eigenvalue weighted by atomic mass is 10.0. The van der Waals surface area contributed by atoms with Gasteiger partial charge in [0.05, 0.1) is 11.4 Å². The predicted molar refractivity (Wildman–Crippen MR) is 114 cm³/mol. The molecule has 2 heterocycles. The summed E-state index contributed by atoms with van der Waals surface area (Å²) >= 11 is 6.08. The molecule has 1 fully saturated rings. The lowest BCUT2D eigenvalue weighted by Gasteiger charge is -2.37. The number of rotatable bonds is 5. The van der Waals surface area contributed by atoms with Crippen LogP contribution in [0.15, 0.2) is 66.9 Å². The fourth-order valence-corrected chi connectivity index (χ4v) is 4.02. The molecule has 4 rings (SSSR count). The van der Waals surface area contributed by atoms with E-state index >= 15 is 0 Å². The van der Waals surface area contributed by atoms with Gasteiger partial charge in [0.2, 0.25) is 0 Å². The zero-order valence-electron chi connectivity index (χ0n) is 16.0. The van der Waals surface area contributed by atoms with Crippen molar-refractivity contribution in [3.05, 3.63) is 94.5 Å². The topological polar surface area (TPSA) is 39.6 Å². The van der Waals surface area contributed by atoms with E-state index in [0.29, 0.717) is 30.0 Å². The lowest BCUT2D eigenvalue weighted by Crippen LogP contribution is -2.46. The van der Waals surface area contributed by atoms with Crippen molar-refractivity contribution in [2.24, 2.45) is 0 Å². The van der Waals surface area contributed by atoms with Gasteiger partial charge in [0.25, 0.3) is 0 Å². The Labute approximate surface area is 175 Å². The van der Waals surface area contributed by atoms with Crippen LogP contribution in [0.1, 0.15) is 22.9 Å². The Bertz CT molecular complexity index is 961. The van der Waals surface area contributed by atoms with Crippen LogP contribution in [0.3, 0.4) is 0 Å². The first-order valence-electron chi connectivity index (χ1n) is 9.71. The highest BCUT2D eigenvalue weighted by Crippen LogP contribution is 2.33. The molecule has 1 N–H and O–H groups in total. The quantitative estimate of drug-likeness (QED) is 0.680. The minimum Gasteiger partial charge on any atom is -0.382 e. The van der Waals surface area contributed by atoms with Gasteiger partial charge in [-0.1, -0.05) is 41.9 Å². The van der Waals surface area contributed by atoms with Crippen molar-refractivity contribution in [3.63, 3.8) is 0 Å². The molecule has 0 aliphatic carbocycles. The number of aliphatic hydroxyl groups excluding tert-OH is 1. The number of aliphatic hydroxyl groups is 1. The van der Waals surface area contributed by atoms with Crippen molar-refractivity contribution < 1.29 is 9.50 Å². The van der Waals surface area contributed by atoms with Gasteiger partial charge in [-0.05, 0) is 35.9 Å². The summed E-state index contributed by atoms with van der Waals surface area (Å²) in [6.07, 6.45) is 0.665. The molecule has 0 saturated carbocycles. The number of para-hydroxylation sites is 1. The number of hydrogen-bond acceptors (Lipinski definition) is 4. The number of anilines is 1. The average Bonchev–Trinajstić information content (AvgIpc) is 2.74. The molecule has 0 bridgehead atoms. The standard InChI is InChI=1S/C23H23ClFN3O/c24-18-6-3-5-17(15-18)16-27-11-13-28(14-12-27)22-19(7-4-8-20(22)25)23(29)21-9-1-2-10-26-21/h1-10,15,23,29H,11-14,16H2/t23-/m1/s1. The minimum absolute atomic E-state index is 0.319. The molecule has 1 atom stereocenters. The van der Waals surface area contributed by atoms with Gasteiger partial charge in [-0.3, -0.25) is 9.88 Å². The van der Waals surface area contributed by atoms with E-state index in [2.05, 4.69) is 16.0 Å². The number of benzene rings is 2. The summed E-state index contributed by atoms with van der Waals surface area (Å²) in [7, 11) is 0. The van der Waals surface area contributed by atoms with E-state index in [-0.39, 0.29) is 5.82 Å². The highest BCUT2D eigenvalue weighted by atomic mass is 35.5. The van der Waals surface area contributed by atoms with Gasteiger partial charge in [-0.15, -0.1) is 0 Å². The van der Waals surface area contributed by atoms with Crippen LogP contribution < -0.4 is 4.90 Å². The smallest absolute Gasteiger partial charge is 0.146 e. The number of nitrogens with zero attached hydrogens (tertiary/aromatic N) is 3. The SMILES string of the molecule is O[C@@H](c1ccccn1)c1cccc(F)c1N1CCN(Cc2cccc(Cl)c2)CC1. The van der Waals surface area contributed by atoms with E-state index in [1.807, 2.05) is 29.2 Å². The summed E-state index contributed by atoms with van der Waals surface area (Å²) in [4.78, 5) is 8.58. The molecule has 3 aromatic rings. The Morgan fingerprint density at radius 1 is 1.00 bits per heavy atom. The summed E-state index contributed by atoms with van der Waals surface area (Å²) < 4.78 is 14.8. The monoisotopic (exact) mass is 411 g/mol. The summed E-state index contributed by atoms with van der Waals surface area (Å²) in [5.41, 5.74) is 2.70. The van der Waals surface area contributed by atoms with Gasteiger partial charge in [0.1, 0.15) is 11.9 Å². The zero-order valence-corrected chi connectivity index (χ0v) is 16.8. The maximum absolute atomic E-state index is 14.8. The first-order chi connectivity index (χ1) is 14.1. The summed E-state index contributed by atoms with van der Waals surface area (Å²) in [5, 5.41) is 11.6. The average molecular weight is 412 g/mol. The lowest BCUT2D eigenvalue weighted by molar-refractivity contribution is 0.213. The van der Waals surface area contributed by atoms with Crippen LogP contribution in [-0.4, -0.2) is 41.2 Å². The molecule has 1 saturated heterocycles. The Kier molecular flexibility index (Phi) is 6.09. The number of pyridine rings is 1.